The van der Waals surface area contributed by atoms with E-state index in [9.17, 15) is 14.4 Å². The van der Waals surface area contributed by atoms with Gasteiger partial charge in [-0.3, -0.25) is 14.4 Å². The number of likely N-dealkylation sites (tertiary alicyclic amines) is 1. The number of nitrogens with zero attached hydrogens (tertiary/aromatic N) is 1. The Morgan fingerprint density at radius 3 is 2.14 bits per heavy atom. The first-order chi connectivity index (χ1) is 13.9. The minimum absolute atomic E-state index is 0.0649. The molecule has 2 rings (SSSR count). The minimum atomic E-state index is -0.647. The number of nitrogens with one attached hydrogen (secondary N) is 2. The molecule has 0 radical (unpaired) electrons. The molecule has 2 aliphatic rings. The van der Waals surface area contributed by atoms with Crippen molar-refractivity contribution in [3.8, 4) is 0 Å². The predicted octanol–water partition coefficient (Wildman–Crippen LogP) is 2.58. The van der Waals surface area contributed by atoms with Gasteiger partial charge < -0.3 is 21.3 Å². The van der Waals surface area contributed by atoms with E-state index in [1.165, 1.54) is 38.5 Å². The lowest BCUT2D eigenvalue weighted by Gasteiger charge is -2.26. The summed E-state index contributed by atoms with van der Waals surface area (Å²) in [6.45, 7) is 11.0. The van der Waals surface area contributed by atoms with Crippen molar-refractivity contribution in [3.63, 3.8) is 0 Å². The maximum absolute atomic E-state index is 12.4. The molecule has 7 heteroatoms. The van der Waals surface area contributed by atoms with Gasteiger partial charge in [0.1, 0.15) is 6.04 Å². The molecule has 29 heavy (non-hydrogen) atoms. The summed E-state index contributed by atoms with van der Waals surface area (Å²) in [6.07, 6.45) is 8.88. The normalized spacial score (nSPS) is 19.8. The zero-order valence-corrected chi connectivity index (χ0v) is 19.3. The molecule has 1 heterocycles. The second-order valence-electron chi connectivity index (χ2n) is 7.71. The quantitative estimate of drug-likeness (QED) is 0.623. The predicted molar refractivity (Wildman–Crippen MR) is 118 cm³/mol. The molecule has 0 bridgehead atoms. The summed E-state index contributed by atoms with van der Waals surface area (Å²) >= 11 is 0. The van der Waals surface area contributed by atoms with Gasteiger partial charge in [0.15, 0.2) is 0 Å². The standard InChI is InChI=1S/C17H30N4O3.C3H8.C2H6/c1-12(18)16(23)20-11-15(22)21-9-5-8-14(21)17(24)19-10-13-6-3-2-4-7-13;1-3-2;1-2/h12-14H,2-11,18H2,1H3,(H,19,24)(H,20,23);3H2,1-2H3;1-2H3. The highest BCUT2D eigenvalue weighted by Crippen LogP contribution is 2.23. The van der Waals surface area contributed by atoms with E-state index < -0.39 is 12.1 Å². The third-order valence-corrected chi connectivity index (χ3v) is 4.99. The van der Waals surface area contributed by atoms with Gasteiger partial charge in [0.2, 0.25) is 17.7 Å². The van der Waals surface area contributed by atoms with Crippen LogP contribution in [0.2, 0.25) is 0 Å². The summed E-state index contributed by atoms with van der Waals surface area (Å²) in [5, 5.41) is 5.54. The SMILES string of the molecule is CC.CC(N)C(=O)NCC(=O)N1CCCC1C(=O)NCC1CCCCC1.CCC. The number of hydrogen-bond acceptors (Lipinski definition) is 4. The molecule has 0 aromatic rings. The number of amides is 3. The monoisotopic (exact) mass is 412 g/mol. The topological polar surface area (TPSA) is 105 Å². The maximum atomic E-state index is 12.4. The zero-order chi connectivity index (χ0) is 22.2. The van der Waals surface area contributed by atoms with Crippen LogP contribution in [0.1, 0.15) is 86.0 Å². The highest BCUT2D eigenvalue weighted by molar-refractivity contribution is 5.91. The van der Waals surface area contributed by atoms with E-state index in [1.807, 2.05) is 13.8 Å². The Labute approximate surface area is 177 Å². The lowest BCUT2D eigenvalue weighted by molar-refractivity contribution is -0.138. The Morgan fingerprint density at radius 1 is 1.00 bits per heavy atom. The zero-order valence-electron chi connectivity index (χ0n) is 19.3. The summed E-state index contributed by atoms with van der Waals surface area (Å²) < 4.78 is 0. The van der Waals surface area contributed by atoms with E-state index in [-0.39, 0.29) is 24.3 Å². The van der Waals surface area contributed by atoms with E-state index in [2.05, 4.69) is 24.5 Å². The van der Waals surface area contributed by atoms with Crippen LogP contribution >= 0.6 is 0 Å². The fraction of sp³-hybridized carbons (Fsp3) is 0.864. The van der Waals surface area contributed by atoms with Gasteiger partial charge in [-0.2, -0.15) is 0 Å². The molecule has 2 unspecified atom stereocenters. The van der Waals surface area contributed by atoms with Crippen LogP contribution < -0.4 is 16.4 Å². The van der Waals surface area contributed by atoms with Crippen LogP contribution in [0, 0.1) is 5.92 Å². The molecule has 170 valence electrons. The third kappa shape index (κ3) is 10.6. The first kappa shape index (κ1) is 27.4. The van der Waals surface area contributed by atoms with Gasteiger partial charge in [-0.25, -0.2) is 0 Å². The fourth-order valence-electron chi connectivity index (χ4n) is 3.52. The van der Waals surface area contributed by atoms with Gasteiger partial charge >= 0.3 is 0 Å². The Morgan fingerprint density at radius 2 is 1.59 bits per heavy atom. The van der Waals surface area contributed by atoms with Crippen LogP contribution in [-0.2, 0) is 14.4 Å². The number of rotatable bonds is 6. The fourth-order valence-corrected chi connectivity index (χ4v) is 3.52. The van der Waals surface area contributed by atoms with Crippen molar-refractivity contribution >= 4 is 17.7 Å². The molecular weight excluding hydrogens is 368 g/mol. The summed E-state index contributed by atoms with van der Waals surface area (Å²) in [6, 6.07) is -1.06. The molecule has 4 N–H and O–H groups in total. The van der Waals surface area contributed by atoms with Gasteiger partial charge in [0.05, 0.1) is 12.6 Å². The Kier molecular flexibility index (Phi) is 15.3. The summed E-state index contributed by atoms with van der Waals surface area (Å²) in [5.41, 5.74) is 5.46. The molecule has 0 aromatic heterocycles. The van der Waals surface area contributed by atoms with Crippen molar-refractivity contribution in [2.45, 2.75) is 98.1 Å². The molecule has 3 amide bonds. The van der Waals surface area contributed by atoms with E-state index in [0.29, 0.717) is 25.4 Å². The molecule has 0 aromatic carbocycles. The van der Waals surface area contributed by atoms with Crippen molar-refractivity contribution in [2.24, 2.45) is 11.7 Å². The molecular formula is C22H44N4O3. The molecule has 7 nitrogen and oxygen atoms in total. The highest BCUT2D eigenvalue weighted by atomic mass is 16.2. The van der Waals surface area contributed by atoms with Gasteiger partial charge in [0.25, 0.3) is 0 Å². The van der Waals surface area contributed by atoms with E-state index >= 15 is 0 Å². The second-order valence-corrected chi connectivity index (χ2v) is 7.71. The summed E-state index contributed by atoms with van der Waals surface area (Å²) in [7, 11) is 0. The highest BCUT2D eigenvalue weighted by Gasteiger charge is 2.34. The van der Waals surface area contributed by atoms with Gasteiger partial charge in [-0.1, -0.05) is 53.4 Å². The first-order valence-corrected chi connectivity index (χ1v) is 11.5. The largest absolute Gasteiger partial charge is 0.354 e. The van der Waals surface area contributed by atoms with E-state index in [0.717, 1.165) is 6.42 Å². The lowest BCUT2D eigenvalue weighted by atomic mass is 9.89. The Hall–Kier alpha value is -1.63. The molecule has 1 saturated heterocycles. The van der Waals surface area contributed by atoms with Crippen molar-refractivity contribution in [1.29, 1.82) is 0 Å². The molecule has 0 spiro atoms. The van der Waals surface area contributed by atoms with Crippen LogP contribution in [-0.4, -0.2) is 54.3 Å². The van der Waals surface area contributed by atoms with Crippen molar-refractivity contribution in [3.05, 3.63) is 0 Å². The lowest BCUT2D eigenvalue weighted by Crippen LogP contribution is -2.50. The number of carbonyl (C=O) groups excluding carboxylic acids is 3. The Balaban J connectivity index is 0.00000143. The Bertz CT molecular complexity index is 477. The van der Waals surface area contributed by atoms with Crippen molar-refractivity contribution in [1.82, 2.24) is 15.5 Å². The second kappa shape index (κ2) is 16.2. The molecule has 2 fully saturated rings. The number of carbonyl (C=O) groups is 3. The van der Waals surface area contributed by atoms with E-state index in [4.69, 9.17) is 5.73 Å². The van der Waals surface area contributed by atoms with Crippen LogP contribution in [0.15, 0.2) is 0 Å². The molecule has 2 atom stereocenters. The van der Waals surface area contributed by atoms with Gasteiger partial charge in [-0.05, 0) is 38.5 Å². The first-order valence-electron chi connectivity index (χ1n) is 11.5. The average molecular weight is 413 g/mol. The number of hydrogen-bond donors (Lipinski definition) is 3. The summed E-state index contributed by atoms with van der Waals surface area (Å²) in [4.78, 5) is 37.8. The van der Waals surface area contributed by atoms with E-state index in [1.54, 1.807) is 11.8 Å². The third-order valence-electron chi connectivity index (χ3n) is 4.99. The van der Waals surface area contributed by atoms with Crippen molar-refractivity contribution in [2.75, 3.05) is 19.6 Å². The van der Waals surface area contributed by atoms with Crippen LogP contribution in [0.25, 0.3) is 0 Å². The molecule has 1 aliphatic carbocycles. The van der Waals surface area contributed by atoms with Crippen LogP contribution in [0.3, 0.4) is 0 Å². The number of nitrogens with two attached hydrogens (primary N) is 1. The van der Waals surface area contributed by atoms with Crippen molar-refractivity contribution < 1.29 is 14.4 Å². The van der Waals surface area contributed by atoms with Crippen LogP contribution in [0.4, 0.5) is 0 Å². The molecule has 1 saturated carbocycles. The smallest absolute Gasteiger partial charge is 0.242 e. The average Bonchev–Trinajstić information content (AvgIpc) is 3.23. The van der Waals surface area contributed by atoms with Gasteiger partial charge in [0, 0.05) is 13.1 Å². The maximum Gasteiger partial charge on any atom is 0.242 e. The minimum Gasteiger partial charge on any atom is -0.354 e. The molecule has 1 aliphatic heterocycles. The van der Waals surface area contributed by atoms with Gasteiger partial charge in [-0.15, -0.1) is 0 Å². The van der Waals surface area contributed by atoms with Crippen LogP contribution in [0.5, 0.6) is 0 Å². The summed E-state index contributed by atoms with van der Waals surface area (Å²) in [5.74, 6) is -0.0799.